The van der Waals surface area contributed by atoms with E-state index in [1.165, 1.54) is 29.0 Å². The molecular formula is C14H13N3O5. The number of aromatic nitrogens is 2. The third kappa shape index (κ3) is 3.69. The zero-order valence-electron chi connectivity index (χ0n) is 11.4. The van der Waals surface area contributed by atoms with Gasteiger partial charge in [-0.15, -0.1) is 0 Å². The molecule has 1 aromatic heterocycles. The van der Waals surface area contributed by atoms with Crippen LogP contribution in [0, 0.1) is 0 Å². The summed E-state index contributed by atoms with van der Waals surface area (Å²) in [6.07, 6.45) is 1.25. The van der Waals surface area contributed by atoms with Crippen molar-refractivity contribution < 1.29 is 14.7 Å². The van der Waals surface area contributed by atoms with E-state index in [1.54, 1.807) is 12.1 Å². The standard InChI is InChI=1S/C14H13N3O5/c18-11(5-7-17-8-6-12(19)16-14(17)22)15-10-4-2-1-3-9(10)13(20)21/h1-4,6,8H,5,7H2,(H,15,18)(H,20,21)(H,16,19,22). The van der Waals surface area contributed by atoms with Crippen LogP contribution >= 0.6 is 0 Å². The van der Waals surface area contributed by atoms with Gasteiger partial charge in [-0.2, -0.15) is 0 Å². The third-order valence-electron chi connectivity index (χ3n) is 2.91. The third-order valence-corrected chi connectivity index (χ3v) is 2.91. The molecule has 3 N–H and O–H groups in total. The summed E-state index contributed by atoms with van der Waals surface area (Å²) in [4.78, 5) is 47.3. The monoisotopic (exact) mass is 303 g/mol. The van der Waals surface area contributed by atoms with Gasteiger partial charge in [-0.3, -0.25) is 14.6 Å². The van der Waals surface area contributed by atoms with Crippen molar-refractivity contribution in [3.05, 3.63) is 62.9 Å². The second kappa shape index (κ2) is 6.53. The predicted octanol–water partition coefficient (Wildman–Crippen LogP) is 0.264. The molecule has 0 atom stereocenters. The summed E-state index contributed by atoms with van der Waals surface area (Å²) in [5.74, 6) is -1.58. The number of aryl methyl sites for hydroxylation is 1. The maximum absolute atomic E-state index is 11.8. The van der Waals surface area contributed by atoms with Crippen LogP contribution in [0.1, 0.15) is 16.8 Å². The van der Waals surface area contributed by atoms with E-state index in [-0.39, 0.29) is 24.2 Å². The molecule has 8 heteroatoms. The number of carboxylic acid groups (broad SMARTS) is 1. The Morgan fingerprint density at radius 1 is 1.18 bits per heavy atom. The fourth-order valence-electron chi connectivity index (χ4n) is 1.83. The van der Waals surface area contributed by atoms with E-state index in [2.05, 4.69) is 10.3 Å². The summed E-state index contributed by atoms with van der Waals surface area (Å²) in [7, 11) is 0. The van der Waals surface area contributed by atoms with Gasteiger partial charge in [0.1, 0.15) is 0 Å². The molecule has 0 aliphatic rings. The number of carbonyl (C=O) groups excluding carboxylic acids is 1. The molecule has 1 heterocycles. The van der Waals surface area contributed by atoms with Gasteiger partial charge in [-0.25, -0.2) is 9.59 Å². The fraction of sp³-hybridized carbons (Fsp3) is 0.143. The summed E-state index contributed by atoms with van der Waals surface area (Å²) >= 11 is 0. The molecule has 0 radical (unpaired) electrons. The number of benzene rings is 1. The van der Waals surface area contributed by atoms with Crippen LogP contribution in [0.4, 0.5) is 5.69 Å². The summed E-state index contributed by atoms with van der Waals surface area (Å²) in [5.41, 5.74) is -0.946. The van der Waals surface area contributed by atoms with Crippen LogP contribution in [0.25, 0.3) is 0 Å². The zero-order valence-corrected chi connectivity index (χ0v) is 11.4. The minimum absolute atomic E-state index is 0.0166. The second-order valence-corrected chi connectivity index (χ2v) is 4.45. The largest absolute Gasteiger partial charge is 0.478 e. The number of hydrogen-bond acceptors (Lipinski definition) is 4. The molecule has 0 saturated carbocycles. The molecule has 1 amide bonds. The van der Waals surface area contributed by atoms with Gasteiger partial charge in [0.2, 0.25) is 5.91 Å². The lowest BCUT2D eigenvalue weighted by Gasteiger charge is -2.08. The van der Waals surface area contributed by atoms with Gasteiger partial charge in [0.05, 0.1) is 11.3 Å². The molecule has 0 aliphatic carbocycles. The summed E-state index contributed by atoms with van der Waals surface area (Å²) in [5, 5.41) is 11.5. The van der Waals surface area contributed by atoms with Gasteiger partial charge in [-0.1, -0.05) is 12.1 Å². The predicted molar refractivity (Wildman–Crippen MR) is 78.0 cm³/mol. The molecule has 2 aromatic rings. The van der Waals surface area contributed by atoms with Gasteiger partial charge < -0.3 is 15.0 Å². The highest BCUT2D eigenvalue weighted by Crippen LogP contribution is 2.15. The fourth-order valence-corrected chi connectivity index (χ4v) is 1.83. The molecule has 2 rings (SSSR count). The topological polar surface area (TPSA) is 121 Å². The molecule has 0 bridgehead atoms. The summed E-state index contributed by atoms with van der Waals surface area (Å²) < 4.78 is 1.18. The number of hydrogen-bond donors (Lipinski definition) is 3. The van der Waals surface area contributed by atoms with E-state index in [0.717, 1.165) is 0 Å². The lowest BCUT2D eigenvalue weighted by atomic mass is 10.2. The lowest BCUT2D eigenvalue weighted by Crippen LogP contribution is -2.29. The highest BCUT2D eigenvalue weighted by Gasteiger charge is 2.11. The zero-order chi connectivity index (χ0) is 16.1. The first-order chi connectivity index (χ1) is 10.5. The number of H-pyrrole nitrogens is 1. The number of para-hydroxylation sites is 1. The van der Waals surface area contributed by atoms with E-state index in [4.69, 9.17) is 5.11 Å². The molecule has 8 nitrogen and oxygen atoms in total. The Morgan fingerprint density at radius 2 is 1.91 bits per heavy atom. The molecule has 0 unspecified atom stereocenters. The molecule has 1 aromatic carbocycles. The number of rotatable bonds is 5. The van der Waals surface area contributed by atoms with E-state index in [0.29, 0.717) is 0 Å². The number of nitrogens with zero attached hydrogens (tertiary/aromatic N) is 1. The minimum Gasteiger partial charge on any atom is -0.478 e. The van der Waals surface area contributed by atoms with Crippen LogP contribution in [0.15, 0.2) is 46.1 Å². The van der Waals surface area contributed by atoms with Crippen molar-refractivity contribution in [1.29, 1.82) is 0 Å². The summed E-state index contributed by atoms with van der Waals surface area (Å²) in [6, 6.07) is 7.20. The Bertz CT molecular complexity index is 821. The van der Waals surface area contributed by atoms with Crippen LogP contribution in [0.3, 0.4) is 0 Å². The normalized spacial score (nSPS) is 10.2. The van der Waals surface area contributed by atoms with Crippen molar-refractivity contribution in [3.63, 3.8) is 0 Å². The number of anilines is 1. The minimum atomic E-state index is -1.15. The highest BCUT2D eigenvalue weighted by atomic mass is 16.4. The van der Waals surface area contributed by atoms with E-state index in [9.17, 15) is 19.2 Å². The van der Waals surface area contributed by atoms with Crippen molar-refractivity contribution in [2.75, 3.05) is 5.32 Å². The lowest BCUT2D eigenvalue weighted by molar-refractivity contribution is -0.116. The molecular weight excluding hydrogens is 290 g/mol. The van der Waals surface area contributed by atoms with Gasteiger partial charge >= 0.3 is 11.7 Å². The first kappa shape index (κ1) is 15.2. The summed E-state index contributed by atoms with van der Waals surface area (Å²) in [6.45, 7) is 0.0662. The smallest absolute Gasteiger partial charge is 0.337 e. The molecule has 0 fully saturated rings. The van der Waals surface area contributed by atoms with Crippen molar-refractivity contribution in [1.82, 2.24) is 9.55 Å². The SMILES string of the molecule is O=C(CCn1ccc(=O)[nH]c1=O)Nc1ccccc1C(=O)O. The molecule has 114 valence electrons. The first-order valence-electron chi connectivity index (χ1n) is 6.39. The van der Waals surface area contributed by atoms with Crippen LogP contribution in [-0.4, -0.2) is 26.5 Å². The molecule has 0 spiro atoms. The van der Waals surface area contributed by atoms with Crippen LogP contribution < -0.4 is 16.6 Å². The Morgan fingerprint density at radius 3 is 2.59 bits per heavy atom. The van der Waals surface area contributed by atoms with Gasteiger partial charge in [0.15, 0.2) is 0 Å². The van der Waals surface area contributed by atoms with E-state index >= 15 is 0 Å². The quantitative estimate of drug-likeness (QED) is 0.731. The Balaban J connectivity index is 2.03. The van der Waals surface area contributed by atoms with Crippen molar-refractivity contribution >= 4 is 17.6 Å². The molecule has 0 saturated heterocycles. The van der Waals surface area contributed by atoms with Gasteiger partial charge in [-0.05, 0) is 12.1 Å². The van der Waals surface area contributed by atoms with Crippen molar-refractivity contribution in [2.24, 2.45) is 0 Å². The molecule has 0 aliphatic heterocycles. The van der Waals surface area contributed by atoms with E-state index in [1.807, 2.05) is 0 Å². The van der Waals surface area contributed by atoms with Crippen molar-refractivity contribution in [2.45, 2.75) is 13.0 Å². The van der Waals surface area contributed by atoms with Gasteiger partial charge in [0, 0.05) is 25.2 Å². The maximum atomic E-state index is 11.8. The van der Waals surface area contributed by atoms with Crippen LogP contribution in [-0.2, 0) is 11.3 Å². The van der Waals surface area contributed by atoms with Crippen LogP contribution in [0.2, 0.25) is 0 Å². The van der Waals surface area contributed by atoms with E-state index < -0.39 is 23.1 Å². The number of nitrogens with one attached hydrogen (secondary N) is 2. The number of carbonyl (C=O) groups is 2. The highest BCUT2D eigenvalue weighted by molar-refractivity contribution is 6.00. The average molecular weight is 303 g/mol. The van der Waals surface area contributed by atoms with Gasteiger partial charge in [0.25, 0.3) is 5.56 Å². The van der Waals surface area contributed by atoms with Crippen LogP contribution in [0.5, 0.6) is 0 Å². The Kier molecular flexibility index (Phi) is 4.52. The second-order valence-electron chi connectivity index (χ2n) is 4.45. The first-order valence-corrected chi connectivity index (χ1v) is 6.39. The number of aromatic carboxylic acids is 1. The Hall–Kier alpha value is -3.16. The molecule has 22 heavy (non-hydrogen) atoms. The number of carboxylic acids is 1. The average Bonchev–Trinajstić information content (AvgIpc) is 2.46. The Labute approximate surface area is 124 Å². The van der Waals surface area contributed by atoms with Crippen molar-refractivity contribution in [3.8, 4) is 0 Å². The maximum Gasteiger partial charge on any atom is 0.337 e. The number of amides is 1. The number of aromatic amines is 1.